The third-order valence-electron chi connectivity index (χ3n) is 6.05. The number of hydrogen-bond acceptors (Lipinski definition) is 5. The molecule has 0 bridgehead atoms. The minimum absolute atomic E-state index is 0.0655. The van der Waals surface area contributed by atoms with Gasteiger partial charge in [0.2, 0.25) is 5.91 Å². The molecule has 0 radical (unpaired) electrons. The molecule has 1 atom stereocenters. The molecule has 0 N–H and O–H groups in total. The fraction of sp³-hybridized carbons (Fsp3) is 0.682. The largest absolute Gasteiger partial charge is 0.352 e. The lowest BCUT2D eigenvalue weighted by atomic mass is 9.89. The van der Waals surface area contributed by atoms with Gasteiger partial charge in [0, 0.05) is 42.9 Å². The Hall–Kier alpha value is -1.69. The molecule has 0 spiro atoms. The van der Waals surface area contributed by atoms with Gasteiger partial charge < -0.3 is 9.80 Å². The van der Waals surface area contributed by atoms with E-state index in [1.165, 1.54) is 28.7 Å². The highest BCUT2D eigenvalue weighted by molar-refractivity contribution is 7.19. The number of rotatable bonds is 3. The molecule has 5 nitrogen and oxygen atoms in total. The average molecular weight is 401 g/mol. The van der Waals surface area contributed by atoms with Gasteiger partial charge in [-0.3, -0.25) is 4.79 Å². The van der Waals surface area contributed by atoms with Crippen LogP contribution in [0.2, 0.25) is 0 Å². The van der Waals surface area contributed by atoms with Crippen molar-refractivity contribution >= 4 is 33.3 Å². The highest BCUT2D eigenvalue weighted by Crippen LogP contribution is 2.41. The summed E-state index contributed by atoms with van der Waals surface area (Å²) >= 11 is 1.88. The lowest BCUT2D eigenvalue weighted by molar-refractivity contribution is -0.134. The molecule has 1 fully saturated rings. The summed E-state index contributed by atoms with van der Waals surface area (Å²) in [6, 6.07) is 0. The van der Waals surface area contributed by atoms with Gasteiger partial charge in [0.15, 0.2) is 0 Å². The zero-order valence-corrected chi connectivity index (χ0v) is 18.6. The van der Waals surface area contributed by atoms with Crippen molar-refractivity contribution in [3.8, 4) is 0 Å². The zero-order valence-electron chi connectivity index (χ0n) is 17.8. The standard InChI is InChI=1S/C22H32N4OS/c1-13(2)19-23-20(25-8-10-26(11-9-25)22(27)14(3)4)18-16-7-6-15(5)12-17(16)28-21(18)24-19/h13-15H,6-12H2,1-5H3/t15-/m0/s1. The van der Waals surface area contributed by atoms with Gasteiger partial charge in [-0.1, -0.05) is 34.6 Å². The third kappa shape index (κ3) is 3.51. The Balaban J connectivity index is 1.71. The van der Waals surface area contributed by atoms with Crippen molar-refractivity contribution in [2.45, 2.75) is 59.8 Å². The zero-order chi connectivity index (χ0) is 20.0. The Labute approximate surface area is 172 Å². The van der Waals surface area contributed by atoms with Gasteiger partial charge >= 0.3 is 0 Å². The molecule has 1 amide bonds. The van der Waals surface area contributed by atoms with E-state index in [-0.39, 0.29) is 11.8 Å². The first kappa shape index (κ1) is 19.6. The van der Waals surface area contributed by atoms with Gasteiger partial charge in [-0.15, -0.1) is 11.3 Å². The normalized spacial score (nSPS) is 20.3. The predicted octanol–water partition coefficient (Wildman–Crippen LogP) is 4.24. The van der Waals surface area contributed by atoms with Gasteiger partial charge in [-0.2, -0.15) is 0 Å². The van der Waals surface area contributed by atoms with Crippen LogP contribution in [0.5, 0.6) is 0 Å². The van der Waals surface area contributed by atoms with Crippen molar-refractivity contribution < 1.29 is 4.79 Å². The van der Waals surface area contributed by atoms with Crippen molar-refractivity contribution in [1.29, 1.82) is 0 Å². The minimum Gasteiger partial charge on any atom is -0.352 e. The Kier molecular flexibility index (Phi) is 5.34. The number of fused-ring (bicyclic) bond motifs is 3. The molecule has 2 aromatic rings. The summed E-state index contributed by atoms with van der Waals surface area (Å²) in [5.74, 6) is 3.44. The van der Waals surface area contributed by atoms with Gasteiger partial charge in [0.05, 0.1) is 5.39 Å². The number of hydrogen-bond donors (Lipinski definition) is 0. The SMILES string of the molecule is CC(C)C(=O)N1CCN(c2nc(C(C)C)nc3sc4c(c23)CC[C@H](C)C4)CC1. The molecule has 4 rings (SSSR count). The number of thiophene rings is 1. The van der Waals surface area contributed by atoms with Gasteiger partial charge in [0.1, 0.15) is 16.5 Å². The van der Waals surface area contributed by atoms with E-state index >= 15 is 0 Å². The van der Waals surface area contributed by atoms with Crippen molar-refractivity contribution in [2.24, 2.45) is 11.8 Å². The number of carbonyl (C=O) groups is 1. The second-order valence-corrected chi connectivity index (χ2v) is 10.1. The van der Waals surface area contributed by atoms with Gasteiger partial charge in [-0.25, -0.2) is 9.97 Å². The maximum Gasteiger partial charge on any atom is 0.225 e. The molecule has 0 saturated carbocycles. The smallest absolute Gasteiger partial charge is 0.225 e. The highest BCUT2D eigenvalue weighted by Gasteiger charge is 2.29. The lowest BCUT2D eigenvalue weighted by Crippen LogP contribution is -2.50. The predicted molar refractivity (Wildman–Crippen MR) is 116 cm³/mol. The van der Waals surface area contributed by atoms with Crippen molar-refractivity contribution in [3.63, 3.8) is 0 Å². The molecule has 0 unspecified atom stereocenters. The first-order valence-corrected chi connectivity index (χ1v) is 11.5. The van der Waals surface area contributed by atoms with Crippen LogP contribution in [-0.4, -0.2) is 47.0 Å². The second-order valence-electron chi connectivity index (χ2n) is 9.06. The van der Waals surface area contributed by atoms with E-state index in [0.717, 1.165) is 55.0 Å². The molecule has 6 heteroatoms. The summed E-state index contributed by atoms with van der Waals surface area (Å²) in [5, 5.41) is 1.29. The summed E-state index contributed by atoms with van der Waals surface area (Å²) in [6.45, 7) is 13.9. The summed E-state index contributed by atoms with van der Waals surface area (Å²) in [5.41, 5.74) is 1.49. The van der Waals surface area contributed by atoms with Crippen LogP contribution in [0.4, 0.5) is 5.82 Å². The Morgan fingerprint density at radius 2 is 1.82 bits per heavy atom. The average Bonchev–Trinajstić information content (AvgIpc) is 3.03. The molecule has 2 aliphatic rings. The summed E-state index contributed by atoms with van der Waals surface area (Å²) < 4.78 is 0. The van der Waals surface area contributed by atoms with Crippen LogP contribution >= 0.6 is 11.3 Å². The number of piperazine rings is 1. The van der Waals surface area contributed by atoms with Gasteiger partial charge in [-0.05, 0) is 30.7 Å². The van der Waals surface area contributed by atoms with E-state index in [4.69, 9.17) is 9.97 Å². The molecule has 0 aromatic carbocycles. The Morgan fingerprint density at radius 3 is 2.46 bits per heavy atom. The Morgan fingerprint density at radius 1 is 1.11 bits per heavy atom. The van der Waals surface area contributed by atoms with E-state index in [9.17, 15) is 4.79 Å². The number of carbonyl (C=O) groups excluding carboxylic acids is 1. The maximum atomic E-state index is 12.4. The molecular formula is C22H32N4OS. The molecule has 2 aromatic heterocycles. The van der Waals surface area contributed by atoms with Crippen LogP contribution in [0.15, 0.2) is 0 Å². The third-order valence-corrected chi connectivity index (χ3v) is 7.20. The fourth-order valence-corrected chi connectivity index (χ4v) is 5.71. The molecule has 1 saturated heterocycles. The lowest BCUT2D eigenvalue weighted by Gasteiger charge is -2.36. The van der Waals surface area contributed by atoms with Crippen molar-refractivity contribution in [3.05, 3.63) is 16.3 Å². The molecular weight excluding hydrogens is 368 g/mol. The maximum absolute atomic E-state index is 12.4. The van der Waals surface area contributed by atoms with Crippen molar-refractivity contribution in [2.75, 3.05) is 31.1 Å². The number of aryl methyl sites for hydroxylation is 1. The molecule has 3 heterocycles. The number of anilines is 1. The van der Waals surface area contributed by atoms with E-state index in [1.54, 1.807) is 0 Å². The monoisotopic (exact) mass is 400 g/mol. The summed E-state index contributed by atoms with van der Waals surface area (Å²) in [7, 11) is 0. The summed E-state index contributed by atoms with van der Waals surface area (Å²) in [4.78, 5) is 29.4. The molecule has 1 aliphatic carbocycles. The van der Waals surface area contributed by atoms with Gasteiger partial charge in [0.25, 0.3) is 0 Å². The number of amides is 1. The van der Waals surface area contributed by atoms with Crippen LogP contribution in [0.3, 0.4) is 0 Å². The number of aromatic nitrogens is 2. The fourth-order valence-electron chi connectivity index (χ4n) is 4.33. The quantitative estimate of drug-likeness (QED) is 0.773. The van der Waals surface area contributed by atoms with E-state index in [1.807, 2.05) is 30.1 Å². The van der Waals surface area contributed by atoms with Crippen LogP contribution < -0.4 is 4.90 Å². The second kappa shape index (κ2) is 7.62. The number of nitrogens with zero attached hydrogens (tertiary/aromatic N) is 4. The highest BCUT2D eigenvalue weighted by atomic mass is 32.1. The molecule has 152 valence electrons. The Bertz CT molecular complexity index is 880. The summed E-state index contributed by atoms with van der Waals surface area (Å²) in [6.07, 6.45) is 3.56. The van der Waals surface area contributed by atoms with Crippen LogP contribution in [-0.2, 0) is 17.6 Å². The van der Waals surface area contributed by atoms with E-state index < -0.39 is 0 Å². The minimum atomic E-state index is 0.0655. The first-order chi connectivity index (χ1) is 13.3. The van der Waals surface area contributed by atoms with Crippen LogP contribution in [0, 0.1) is 11.8 Å². The molecule has 1 aliphatic heterocycles. The topological polar surface area (TPSA) is 49.3 Å². The van der Waals surface area contributed by atoms with Crippen LogP contribution in [0.25, 0.3) is 10.2 Å². The molecule has 28 heavy (non-hydrogen) atoms. The van der Waals surface area contributed by atoms with E-state index in [0.29, 0.717) is 5.92 Å². The van der Waals surface area contributed by atoms with Crippen molar-refractivity contribution in [1.82, 2.24) is 14.9 Å². The van der Waals surface area contributed by atoms with E-state index in [2.05, 4.69) is 25.7 Å². The first-order valence-electron chi connectivity index (χ1n) is 10.7. The van der Waals surface area contributed by atoms with Crippen LogP contribution in [0.1, 0.15) is 63.2 Å².